The smallest absolute Gasteiger partial charge is 0.270 e. The summed E-state index contributed by atoms with van der Waals surface area (Å²) >= 11 is 0. The van der Waals surface area contributed by atoms with E-state index in [1.54, 1.807) is 18.9 Å². The van der Waals surface area contributed by atoms with Gasteiger partial charge < -0.3 is 25.7 Å². The van der Waals surface area contributed by atoms with Crippen molar-refractivity contribution in [2.75, 3.05) is 7.05 Å². The number of likely N-dealkylation sites (N-methyl/N-ethyl adjacent to an activating group) is 1. The summed E-state index contributed by atoms with van der Waals surface area (Å²) in [6.07, 6.45) is 3.16. The highest BCUT2D eigenvalue weighted by Gasteiger charge is 2.51. The van der Waals surface area contributed by atoms with Gasteiger partial charge in [0.2, 0.25) is 6.10 Å². The first-order valence-corrected chi connectivity index (χ1v) is 8.89. The minimum Gasteiger partial charge on any atom is -0.399 e. The maximum Gasteiger partial charge on any atom is 0.270 e. The van der Waals surface area contributed by atoms with E-state index in [9.17, 15) is 4.79 Å². The van der Waals surface area contributed by atoms with Crippen LogP contribution in [0, 0.1) is 0 Å². The zero-order chi connectivity index (χ0) is 19.1. The summed E-state index contributed by atoms with van der Waals surface area (Å²) in [5, 5.41) is 7.80. The molecule has 1 fully saturated rings. The van der Waals surface area contributed by atoms with Gasteiger partial charge >= 0.3 is 0 Å². The molecule has 26 heavy (non-hydrogen) atoms. The maximum atomic E-state index is 12.6. The molecule has 9 heteroatoms. The second kappa shape index (κ2) is 6.62. The van der Waals surface area contributed by atoms with E-state index in [-0.39, 0.29) is 23.2 Å². The Hall–Kier alpha value is -2.58. The number of nitrogens with zero attached hydrogens (tertiary/aromatic N) is 4. The fourth-order valence-corrected chi connectivity index (χ4v) is 3.58. The number of rotatable bonds is 5. The molecule has 0 saturated heterocycles. The molecule has 1 amide bonds. The Balaban J connectivity index is 1.78. The molecular formula is C17H26N6O3. The second-order valence-electron chi connectivity index (χ2n) is 7.26. The van der Waals surface area contributed by atoms with E-state index in [1.807, 2.05) is 13.8 Å². The molecule has 1 aromatic heterocycles. The molecule has 1 atom stereocenters. The van der Waals surface area contributed by atoms with Gasteiger partial charge in [-0.25, -0.2) is 0 Å². The number of oxime groups is 1. The Morgan fingerprint density at radius 2 is 2.00 bits per heavy atom. The van der Waals surface area contributed by atoms with Gasteiger partial charge in [-0.3, -0.25) is 4.79 Å². The molecule has 0 radical (unpaired) electrons. The molecule has 2 heterocycles. The quantitative estimate of drug-likeness (QED) is 0.461. The summed E-state index contributed by atoms with van der Waals surface area (Å²) in [7, 11) is 1.76. The van der Waals surface area contributed by atoms with Crippen molar-refractivity contribution in [3.05, 3.63) is 23.0 Å². The Morgan fingerprint density at radius 1 is 1.35 bits per heavy atom. The average Bonchev–Trinajstić information content (AvgIpc) is 3.31. The summed E-state index contributed by atoms with van der Waals surface area (Å²) < 4.78 is 5.17. The van der Waals surface area contributed by atoms with Gasteiger partial charge in [0.05, 0.1) is 11.2 Å². The van der Waals surface area contributed by atoms with Gasteiger partial charge in [0.15, 0.2) is 11.7 Å². The van der Waals surface area contributed by atoms with Crippen molar-refractivity contribution in [3.63, 3.8) is 0 Å². The highest BCUT2D eigenvalue weighted by Crippen LogP contribution is 2.44. The maximum absolute atomic E-state index is 12.6. The minimum atomic E-state index is -0.593. The molecule has 1 saturated carbocycles. The normalized spacial score (nSPS) is 21.3. The van der Waals surface area contributed by atoms with Crippen LogP contribution >= 0.6 is 0 Å². The lowest BCUT2D eigenvalue weighted by molar-refractivity contribution is -0.127. The van der Waals surface area contributed by atoms with E-state index in [0.29, 0.717) is 17.4 Å². The number of nitrogens with two attached hydrogens (primary N) is 2. The van der Waals surface area contributed by atoms with E-state index in [4.69, 9.17) is 20.8 Å². The molecule has 4 N–H and O–H groups in total. The molecule has 1 unspecified atom stereocenters. The van der Waals surface area contributed by atoms with Crippen molar-refractivity contribution >= 4 is 11.7 Å². The van der Waals surface area contributed by atoms with Gasteiger partial charge in [-0.1, -0.05) is 37.0 Å². The Bertz CT molecular complexity index is 760. The molecule has 0 bridgehead atoms. The van der Waals surface area contributed by atoms with Crippen LogP contribution in [0.25, 0.3) is 0 Å². The molecule has 1 aromatic rings. The third kappa shape index (κ3) is 2.81. The predicted octanol–water partition coefficient (Wildman–Crippen LogP) is 1.54. The average molecular weight is 362 g/mol. The number of hydrogen-bond donors (Lipinski definition) is 2. The summed E-state index contributed by atoms with van der Waals surface area (Å²) in [4.78, 5) is 24.0. The fourth-order valence-electron chi connectivity index (χ4n) is 3.58. The van der Waals surface area contributed by atoms with Gasteiger partial charge in [0.25, 0.3) is 11.8 Å². The van der Waals surface area contributed by atoms with Crippen molar-refractivity contribution in [2.24, 2.45) is 16.6 Å². The molecule has 1 aliphatic heterocycles. The third-order valence-corrected chi connectivity index (χ3v) is 5.25. The number of amidine groups is 1. The first-order valence-electron chi connectivity index (χ1n) is 8.89. The van der Waals surface area contributed by atoms with Crippen LogP contribution in [0.3, 0.4) is 0 Å². The van der Waals surface area contributed by atoms with E-state index in [1.165, 1.54) is 0 Å². The van der Waals surface area contributed by atoms with Gasteiger partial charge in [0.1, 0.15) is 5.57 Å². The highest BCUT2D eigenvalue weighted by molar-refractivity contribution is 6.22. The van der Waals surface area contributed by atoms with Crippen LogP contribution in [0.4, 0.5) is 0 Å². The van der Waals surface area contributed by atoms with Crippen molar-refractivity contribution in [3.8, 4) is 0 Å². The Labute approximate surface area is 152 Å². The van der Waals surface area contributed by atoms with E-state index >= 15 is 0 Å². The van der Waals surface area contributed by atoms with Crippen LogP contribution in [0.2, 0.25) is 0 Å². The van der Waals surface area contributed by atoms with Crippen molar-refractivity contribution in [2.45, 2.75) is 64.0 Å². The van der Waals surface area contributed by atoms with Crippen molar-refractivity contribution < 1.29 is 14.2 Å². The summed E-state index contributed by atoms with van der Waals surface area (Å²) in [5.74, 6) is 0.789. The van der Waals surface area contributed by atoms with E-state index in [0.717, 1.165) is 25.7 Å². The highest BCUT2D eigenvalue weighted by atomic mass is 16.6. The van der Waals surface area contributed by atoms with Gasteiger partial charge in [0, 0.05) is 13.0 Å². The fraction of sp³-hybridized carbons (Fsp3) is 0.647. The zero-order valence-electron chi connectivity index (χ0n) is 15.7. The number of carbonyl (C=O) groups is 1. The lowest BCUT2D eigenvalue weighted by Gasteiger charge is -2.33. The van der Waals surface area contributed by atoms with Gasteiger partial charge in [-0.15, -0.1) is 0 Å². The number of aromatic nitrogens is 2. The molecule has 142 valence electrons. The van der Waals surface area contributed by atoms with Crippen molar-refractivity contribution in [1.82, 2.24) is 15.0 Å². The van der Waals surface area contributed by atoms with Crippen LogP contribution in [-0.2, 0) is 9.63 Å². The minimum absolute atomic E-state index is 0.0291. The van der Waals surface area contributed by atoms with Crippen LogP contribution < -0.4 is 11.5 Å². The summed E-state index contributed by atoms with van der Waals surface area (Å²) in [5.41, 5.74) is 12.6. The number of amides is 1. The Morgan fingerprint density at radius 3 is 2.58 bits per heavy atom. The molecule has 2 aliphatic rings. The number of carbonyl (C=O) groups excluding carboxylic acids is 1. The molecular weight excluding hydrogens is 336 g/mol. The van der Waals surface area contributed by atoms with Crippen LogP contribution in [0.5, 0.6) is 0 Å². The largest absolute Gasteiger partial charge is 0.399 e. The van der Waals surface area contributed by atoms with Gasteiger partial charge in [-0.05, 0) is 19.8 Å². The van der Waals surface area contributed by atoms with E-state index < -0.39 is 11.6 Å². The Kier molecular flexibility index (Phi) is 4.64. The zero-order valence-corrected chi connectivity index (χ0v) is 15.7. The summed E-state index contributed by atoms with van der Waals surface area (Å²) in [6.45, 7) is 5.65. The molecule has 0 aromatic carbocycles. The standard InChI is InChI=1S/C17H26N6O3/c1-9(2)14-20-15(26-22-14)10(3)25-21-13(19)11-12(18)17(7-5-6-8-17)23(4)16(11)24/h9-10H,5-8,18H2,1-4H3,(H2,19,21). The monoisotopic (exact) mass is 362 g/mol. The lowest BCUT2D eigenvalue weighted by atomic mass is 9.93. The molecule has 3 rings (SSSR count). The SMILES string of the molecule is CC(C)c1noc(C(C)ON=C(N)C2=C(N)C3(CCCC3)N(C)C2=O)n1. The van der Waals surface area contributed by atoms with Crippen LogP contribution in [-0.4, -0.2) is 39.4 Å². The topological polar surface area (TPSA) is 133 Å². The number of hydrogen-bond acceptors (Lipinski definition) is 7. The second-order valence-corrected chi connectivity index (χ2v) is 7.26. The third-order valence-electron chi connectivity index (χ3n) is 5.25. The van der Waals surface area contributed by atoms with E-state index in [2.05, 4.69) is 15.3 Å². The van der Waals surface area contributed by atoms with Crippen molar-refractivity contribution in [1.29, 1.82) is 0 Å². The first-order chi connectivity index (χ1) is 12.3. The summed E-state index contributed by atoms with van der Waals surface area (Å²) in [6, 6.07) is 0. The molecule has 1 aliphatic carbocycles. The first kappa shape index (κ1) is 18.2. The van der Waals surface area contributed by atoms with Crippen LogP contribution in [0.15, 0.2) is 20.9 Å². The van der Waals surface area contributed by atoms with Crippen LogP contribution in [0.1, 0.15) is 70.2 Å². The predicted molar refractivity (Wildman–Crippen MR) is 94.7 cm³/mol. The molecule has 9 nitrogen and oxygen atoms in total. The lowest BCUT2D eigenvalue weighted by Crippen LogP contribution is -2.45. The van der Waals surface area contributed by atoms with Gasteiger partial charge in [-0.2, -0.15) is 4.98 Å². The molecule has 1 spiro atoms.